The van der Waals surface area contributed by atoms with Crippen molar-refractivity contribution in [2.75, 3.05) is 19.6 Å². The minimum atomic E-state index is -0.564. The molecule has 1 aromatic heterocycles. The van der Waals surface area contributed by atoms with Crippen LogP contribution in [0.15, 0.2) is 53.5 Å². The van der Waals surface area contributed by atoms with Gasteiger partial charge in [-0.3, -0.25) is 9.59 Å². The monoisotopic (exact) mass is 467 g/mol. The van der Waals surface area contributed by atoms with Crippen LogP contribution < -0.4 is 5.56 Å². The Morgan fingerprint density at radius 3 is 2.47 bits per heavy atom. The molecule has 3 rings (SSSR count). The van der Waals surface area contributed by atoms with E-state index in [0.717, 1.165) is 18.4 Å². The van der Waals surface area contributed by atoms with Gasteiger partial charge in [0.25, 0.3) is 11.5 Å². The van der Waals surface area contributed by atoms with Crippen molar-refractivity contribution >= 4 is 12.0 Å². The SMILES string of the molecule is CC(C)N(CC1CCCN(C(=O)c2cccn(Cc3ccccc3)c2=O)C1)C(=O)OC(C)(C)C. The molecule has 2 heterocycles. The summed E-state index contributed by atoms with van der Waals surface area (Å²) in [6.45, 7) is 11.6. The van der Waals surface area contributed by atoms with E-state index in [1.54, 1.807) is 32.7 Å². The van der Waals surface area contributed by atoms with Gasteiger partial charge in [0.1, 0.15) is 11.2 Å². The molecular formula is C27H37N3O4. The van der Waals surface area contributed by atoms with Crippen LogP contribution >= 0.6 is 0 Å². The molecule has 7 nitrogen and oxygen atoms in total. The largest absolute Gasteiger partial charge is 0.444 e. The topological polar surface area (TPSA) is 71.8 Å². The van der Waals surface area contributed by atoms with E-state index in [4.69, 9.17) is 4.74 Å². The lowest BCUT2D eigenvalue weighted by Crippen LogP contribution is -2.48. The fraction of sp³-hybridized carbons (Fsp3) is 0.519. The first kappa shape index (κ1) is 25.5. The van der Waals surface area contributed by atoms with Crippen LogP contribution in [0.3, 0.4) is 0 Å². The van der Waals surface area contributed by atoms with Crippen LogP contribution in [0, 0.1) is 5.92 Å². The summed E-state index contributed by atoms with van der Waals surface area (Å²) in [6, 6.07) is 13.1. The van der Waals surface area contributed by atoms with Crippen molar-refractivity contribution in [3.63, 3.8) is 0 Å². The van der Waals surface area contributed by atoms with Crippen molar-refractivity contribution in [3.05, 3.63) is 70.1 Å². The lowest BCUT2D eigenvalue weighted by atomic mass is 9.96. The third-order valence-electron chi connectivity index (χ3n) is 5.96. The molecular weight excluding hydrogens is 430 g/mol. The molecule has 34 heavy (non-hydrogen) atoms. The molecule has 1 fully saturated rings. The summed E-state index contributed by atoms with van der Waals surface area (Å²) < 4.78 is 7.16. The van der Waals surface area contributed by atoms with Gasteiger partial charge in [0.15, 0.2) is 0 Å². The van der Waals surface area contributed by atoms with Gasteiger partial charge >= 0.3 is 6.09 Å². The van der Waals surface area contributed by atoms with Crippen molar-refractivity contribution in [3.8, 4) is 0 Å². The molecule has 2 amide bonds. The Labute approximate surface area is 202 Å². The fourth-order valence-electron chi connectivity index (χ4n) is 4.27. The molecule has 2 aromatic rings. The smallest absolute Gasteiger partial charge is 0.410 e. The second-order valence-corrected chi connectivity index (χ2v) is 10.3. The van der Waals surface area contributed by atoms with Gasteiger partial charge in [-0.1, -0.05) is 30.3 Å². The first-order valence-electron chi connectivity index (χ1n) is 12.1. The van der Waals surface area contributed by atoms with E-state index in [-0.39, 0.29) is 35.1 Å². The molecule has 0 radical (unpaired) electrons. The van der Waals surface area contributed by atoms with E-state index in [1.807, 2.05) is 65.0 Å². The minimum absolute atomic E-state index is 0.0137. The number of hydrogen-bond acceptors (Lipinski definition) is 4. The van der Waals surface area contributed by atoms with Crippen LogP contribution in [-0.2, 0) is 11.3 Å². The Balaban J connectivity index is 1.71. The van der Waals surface area contributed by atoms with Crippen LogP contribution in [0.4, 0.5) is 4.79 Å². The minimum Gasteiger partial charge on any atom is -0.444 e. The zero-order valence-electron chi connectivity index (χ0n) is 21.0. The number of likely N-dealkylation sites (tertiary alicyclic amines) is 1. The van der Waals surface area contributed by atoms with Gasteiger partial charge in [0.05, 0.1) is 6.54 Å². The molecule has 1 aliphatic heterocycles. The molecule has 7 heteroatoms. The number of carbonyl (C=O) groups excluding carboxylic acids is 2. The van der Waals surface area contributed by atoms with Gasteiger partial charge in [0, 0.05) is 31.9 Å². The highest BCUT2D eigenvalue weighted by atomic mass is 16.6. The third-order valence-corrected chi connectivity index (χ3v) is 5.96. The number of rotatable bonds is 6. The summed E-state index contributed by atoms with van der Waals surface area (Å²) in [5.41, 5.74) is 0.345. The van der Waals surface area contributed by atoms with E-state index in [0.29, 0.717) is 26.2 Å². The highest BCUT2D eigenvalue weighted by molar-refractivity contribution is 5.93. The average Bonchev–Trinajstić information content (AvgIpc) is 2.78. The molecule has 1 atom stereocenters. The van der Waals surface area contributed by atoms with Crippen LogP contribution in [0.1, 0.15) is 63.4 Å². The zero-order valence-corrected chi connectivity index (χ0v) is 21.0. The second kappa shape index (κ2) is 10.9. The van der Waals surface area contributed by atoms with Crippen LogP contribution in [-0.4, -0.2) is 57.6 Å². The Kier molecular flexibility index (Phi) is 8.18. The Morgan fingerprint density at radius 2 is 1.82 bits per heavy atom. The molecule has 184 valence electrons. The van der Waals surface area contributed by atoms with Gasteiger partial charge in [-0.25, -0.2) is 4.79 Å². The van der Waals surface area contributed by atoms with Crippen LogP contribution in [0.25, 0.3) is 0 Å². The molecule has 0 spiro atoms. The summed E-state index contributed by atoms with van der Waals surface area (Å²) in [5.74, 6) is -0.117. The van der Waals surface area contributed by atoms with Crippen molar-refractivity contribution in [1.29, 1.82) is 0 Å². The standard InChI is InChI=1S/C27H37N3O4/c1-20(2)30(26(33)34-27(3,4)5)19-22-13-9-15-29(18-22)25(32)23-14-10-16-28(24(23)31)17-21-11-7-6-8-12-21/h6-8,10-12,14,16,20,22H,9,13,15,17-19H2,1-5H3. The van der Waals surface area contributed by atoms with Crippen LogP contribution in [0.5, 0.6) is 0 Å². The summed E-state index contributed by atoms with van der Waals surface area (Å²) in [7, 11) is 0. The number of amides is 2. The fourth-order valence-corrected chi connectivity index (χ4v) is 4.27. The third kappa shape index (κ3) is 6.72. The van der Waals surface area contributed by atoms with E-state index >= 15 is 0 Å². The van der Waals surface area contributed by atoms with Gasteiger partial charge in [0.2, 0.25) is 0 Å². The molecule has 1 aliphatic rings. The molecule has 1 unspecified atom stereocenters. The number of benzene rings is 1. The van der Waals surface area contributed by atoms with E-state index in [2.05, 4.69) is 0 Å². The lowest BCUT2D eigenvalue weighted by Gasteiger charge is -2.37. The van der Waals surface area contributed by atoms with Gasteiger partial charge in [-0.05, 0) is 71.1 Å². The summed E-state index contributed by atoms with van der Waals surface area (Å²) in [4.78, 5) is 42.6. The Morgan fingerprint density at radius 1 is 1.12 bits per heavy atom. The zero-order chi connectivity index (χ0) is 24.9. The van der Waals surface area contributed by atoms with E-state index in [9.17, 15) is 14.4 Å². The normalized spacial score (nSPS) is 16.4. The van der Waals surface area contributed by atoms with E-state index < -0.39 is 5.60 Å². The van der Waals surface area contributed by atoms with E-state index in [1.165, 1.54) is 0 Å². The number of carbonyl (C=O) groups is 2. The maximum Gasteiger partial charge on any atom is 0.410 e. The first-order valence-corrected chi connectivity index (χ1v) is 12.1. The number of aromatic nitrogens is 1. The first-order chi connectivity index (χ1) is 16.0. The molecule has 0 N–H and O–H groups in total. The maximum absolute atomic E-state index is 13.3. The second-order valence-electron chi connectivity index (χ2n) is 10.3. The number of piperidine rings is 1. The molecule has 0 saturated carbocycles. The quantitative estimate of drug-likeness (QED) is 0.632. The number of ether oxygens (including phenoxy) is 1. The molecule has 1 aromatic carbocycles. The highest BCUT2D eigenvalue weighted by Gasteiger charge is 2.31. The lowest BCUT2D eigenvalue weighted by molar-refractivity contribution is 0.0124. The predicted molar refractivity (Wildman–Crippen MR) is 133 cm³/mol. The molecule has 0 bridgehead atoms. The Bertz CT molecular complexity index is 1040. The van der Waals surface area contributed by atoms with Gasteiger partial charge in [-0.2, -0.15) is 0 Å². The Hall–Kier alpha value is -3.09. The van der Waals surface area contributed by atoms with Gasteiger partial charge < -0.3 is 19.1 Å². The van der Waals surface area contributed by atoms with Crippen molar-refractivity contribution < 1.29 is 14.3 Å². The molecule has 1 saturated heterocycles. The number of pyridine rings is 1. The summed E-state index contributed by atoms with van der Waals surface area (Å²) in [5, 5.41) is 0. The number of hydrogen-bond donors (Lipinski definition) is 0. The van der Waals surface area contributed by atoms with Gasteiger partial charge in [-0.15, -0.1) is 0 Å². The molecule has 0 aliphatic carbocycles. The highest BCUT2D eigenvalue weighted by Crippen LogP contribution is 2.21. The van der Waals surface area contributed by atoms with Crippen LogP contribution in [0.2, 0.25) is 0 Å². The summed E-state index contributed by atoms with van der Waals surface area (Å²) >= 11 is 0. The summed E-state index contributed by atoms with van der Waals surface area (Å²) in [6.07, 6.45) is 3.13. The van der Waals surface area contributed by atoms with Crippen molar-refractivity contribution in [2.24, 2.45) is 5.92 Å². The predicted octanol–water partition coefficient (Wildman–Crippen LogP) is 4.39. The van der Waals surface area contributed by atoms with Crippen molar-refractivity contribution in [2.45, 2.75) is 65.6 Å². The van der Waals surface area contributed by atoms with Crippen molar-refractivity contribution in [1.82, 2.24) is 14.4 Å². The average molecular weight is 468 g/mol. The number of nitrogens with zero attached hydrogens (tertiary/aromatic N) is 3. The maximum atomic E-state index is 13.3.